The highest BCUT2D eigenvalue weighted by atomic mass is 16.5. The molecular formula is C12H20O3. The zero-order chi connectivity index (χ0) is 11.6. The van der Waals surface area contributed by atoms with E-state index in [1.807, 2.05) is 13.8 Å². The molecule has 1 aliphatic rings. The Morgan fingerprint density at radius 3 is 2.60 bits per heavy atom. The van der Waals surface area contributed by atoms with Crippen molar-refractivity contribution in [2.75, 3.05) is 0 Å². The van der Waals surface area contributed by atoms with E-state index < -0.39 is 5.60 Å². The lowest BCUT2D eigenvalue weighted by Gasteiger charge is -2.40. The van der Waals surface area contributed by atoms with E-state index in [1.54, 1.807) is 0 Å². The minimum Gasteiger partial charge on any atom is -0.462 e. The number of carbonyl (C=O) groups is 1. The van der Waals surface area contributed by atoms with Crippen molar-refractivity contribution in [3.8, 4) is 0 Å². The van der Waals surface area contributed by atoms with Crippen molar-refractivity contribution >= 4 is 5.97 Å². The first-order valence-corrected chi connectivity index (χ1v) is 5.41. The largest absolute Gasteiger partial charge is 0.462 e. The van der Waals surface area contributed by atoms with Gasteiger partial charge in [0.25, 0.3) is 0 Å². The smallest absolute Gasteiger partial charge is 0.302 e. The van der Waals surface area contributed by atoms with Crippen LogP contribution in [0.3, 0.4) is 0 Å². The normalized spacial score (nSPS) is 36.0. The molecule has 0 saturated heterocycles. The molecule has 0 spiro atoms. The number of hydrogen-bond donors (Lipinski definition) is 1. The van der Waals surface area contributed by atoms with Crippen LogP contribution in [0.4, 0.5) is 0 Å². The van der Waals surface area contributed by atoms with Gasteiger partial charge in [0.2, 0.25) is 0 Å². The molecule has 1 rings (SSSR count). The Kier molecular flexibility index (Phi) is 3.55. The molecule has 3 nitrogen and oxygen atoms in total. The van der Waals surface area contributed by atoms with Gasteiger partial charge in [-0.25, -0.2) is 0 Å². The third-order valence-corrected chi connectivity index (χ3v) is 3.30. The third kappa shape index (κ3) is 2.81. The van der Waals surface area contributed by atoms with Crippen LogP contribution in [0.1, 0.15) is 40.0 Å². The fourth-order valence-electron chi connectivity index (χ4n) is 2.05. The van der Waals surface area contributed by atoms with Crippen LogP contribution in [-0.2, 0) is 9.53 Å². The number of aliphatic hydroxyl groups is 1. The Bertz CT molecular complexity index is 272. The van der Waals surface area contributed by atoms with E-state index in [9.17, 15) is 9.90 Å². The highest BCUT2D eigenvalue weighted by molar-refractivity contribution is 5.66. The lowest BCUT2D eigenvalue weighted by molar-refractivity contribution is -0.155. The fourth-order valence-corrected chi connectivity index (χ4v) is 2.05. The first-order chi connectivity index (χ1) is 6.85. The van der Waals surface area contributed by atoms with Crippen LogP contribution in [0.5, 0.6) is 0 Å². The number of ether oxygens (including phenoxy) is 1. The van der Waals surface area contributed by atoms with Crippen molar-refractivity contribution in [1.82, 2.24) is 0 Å². The molecule has 3 heteroatoms. The van der Waals surface area contributed by atoms with E-state index in [4.69, 9.17) is 4.74 Å². The van der Waals surface area contributed by atoms with Crippen molar-refractivity contribution in [2.45, 2.75) is 51.7 Å². The van der Waals surface area contributed by atoms with E-state index in [0.717, 1.165) is 12.0 Å². The van der Waals surface area contributed by atoms with E-state index in [1.165, 1.54) is 6.92 Å². The summed E-state index contributed by atoms with van der Waals surface area (Å²) in [6.07, 6.45) is 1.86. The van der Waals surface area contributed by atoms with Gasteiger partial charge in [-0.1, -0.05) is 13.5 Å². The fraction of sp³-hybridized carbons (Fsp3) is 0.750. The van der Waals surface area contributed by atoms with E-state index >= 15 is 0 Å². The summed E-state index contributed by atoms with van der Waals surface area (Å²) in [6.45, 7) is 9.07. The molecule has 1 N–H and O–H groups in total. The predicted octanol–water partition coefficient (Wildman–Crippen LogP) is 2.05. The van der Waals surface area contributed by atoms with Gasteiger partial charge in [-0.05, 0) is 31.3 Å². The van der Waals surface area contributed by atoms with E-state index in [-0.39, 0.29) is 12.1 Å². The van der Waals surface area contributed by atoms with Gasteiger partial charge in [0, 0.05) is 13.3 Å². The van der Waals surface area contributed by atoms with Gasteiger partial charge in [0.05, 0.1) is 5.60 Å². The first-order valence-electron chi connectivity index (χ1n) is 5.41. The summed E-state index contributed by atoms with van der Waals surface area (Å²) in [5.41, 5.74) is -0.0985. The van der Waals surface area contributed by atoms with Crippen molar-refractivity contribution < 1.29 is 14.6 Å². The molecule has 0 aliphatic heterocycles. The maximum absolute atomic E-state index is 10.9. The van der Waals surface area contributed by atoms with Crippen molar-refractivity contribution in [3.05, 3.63) is 12.2 Å². The average molecular weight is 212 g/mol. The molecule has 1 fully saturated rings. The SMILES string of the molecule is C=C(C)[C@]1(O)CC[C@H](C)[C@H](OC(C)=O)C1. The second kappa shape index (κ2) is 4.35. The van der Waals surface area contributed by atoms with Crippen molar-refractivity contribution in [1.29, 1.82) is 0 Å². The molecule has 0 radical (unpaired) electrons. The van der Waals surface area contributed by atoms with Gasteiger partial charge >= 0.3 is 5.97 Å². The standard InChI is InChI=1S/C12H20O3/c1-8(2)12(14)6-5-9(3)11(7-12)15-10(4)13/h9,11,14H,1,5-7H2,2-4H3/t9-,11+,12-/m0/s1. The Morgan fingerprint density at radius 2 is 2.13 bits per heavy atom. The van der Waals surface area contributed by atoms with Gasteiger partial charge < -0.3 is 9.84 Å². The molecule has 1 aliphatic carbocycles. The van der Waals surface area contributed by atoms with Crippen LogP contribution >= 0.6 is 0 Å². The second-order valence-electron chi connectivity index (χ2n) is 4.68. The summed E-state index contributed by atoms with van der Waals surface area (Å²) < 4.78 is 5.21. The molecular weight excluding hydrogens is 192 g/mol. The highest BCUT2D eigenvalue weighted by Crippen LogP contribution is 2.37. The first kappa shape index (κ1) is 12.2. The topological polar surface area (TPSA) is 46.5 Å². The third-order valence-electron chi connectivity index (χ3n) is 3.30. The number of hydrogen-bond acceptors (Lipinski definition) is 3. The molecule has 0 bridgehead atoms. The molecule has 0 amide bonds. The predicted molar refractivity (Wildman–Crippen MR) is 58.3 cm³/mol. The number of rotatable bonds is 2. The molecule has 0 heterocycles. The summed E-state index contributed by atoms with van der Waals surface area (Å²) >= 11 is 0. The van der Waals surface area contributed by atoms with Gasteiger partial charge in [0.15, 0.2) is 0 Å². The van der Waals surface area contributed by atoms with Crippen molar-refractivity contribution in [3.63, 3.8) is 0 Å². The zero-order valence-corrected chi connectivity index (χ0v) is 9.75. The molecule has 1 saturated carbocycles. The molecule has 15 heavy (non-hydrogen) atoms. The zero-order valence-electron chi connectivity index (χ0n) is 9.75. The Morgan fingerprint density at radius 1 is 1.53 bits per heavy atom. The van der Waals surface area contributed by atoms with Gasteiger partial charge in [-0.3, -0.25) is 4.79 Å². The second-order valence-corrected chi connectivity index (χ2v) is 4.68. The molecule has 86 valence electrons. The van der Waals surface area contributed by atoms with Crippen LogP contribution in [0, 0.1) is 5.92 Å². The van der Waals surface area contributed by atoms with Crippen LogP contribution in [-0.4, -0.2) is 22.8 Å². The number of esters is 1. The van der Waals surface area contributed by atoms with Crippen LogP contribution < -0.4 is 0 Å². The quantitative estimate of drug-likeness (QED) is 0.563. The van der Waals surface area contributed by atoms with Crippen molar-refractivity contribution in [2.24, 2.45) is 5.92 Å². The Hall–Kier alpha value is -0.830. The lowest BCUT2D eigenvalue weighted by Crippen LogP contribution is -2.43. The summed E-state index contributed by atoms with van der Waals surface area (Å²) in [7, 11) is 0. The van der Waals surface area contributed by atoms with E-state index in [0.29, 0.717) is 18.8 Å². The molecule has 0 aromatic heterocycles. The average Bonchev–Trinajstić information content (AvgIpc) is 2.10. The Labute approximate surface area is 91.1 Å². The summed E-state index contributed by atoms with van der Waals surface area (Å²) in [5.74, 6) is 0.0336. The highest BCUT2D eigenvalue weighted by Gasteiger charge is 2.39. The minimum absolute atomic E-state index is 0.182. The molecule has 0 unspecified atom stereocenters. The molecule has 0 aromatic carbocycles. The monoisotopic (exact) mass is 212 g/mol. The summed E-state index contributed by atoms with van der Waals surface area (Å²) in [6, 6.07) is 0. The van der Waals surface area contributed by atoms with Crippen LogP contribution in [0.15, 0.2) is 12.2 Å². The summed E-state index contributed by atoms with van der Waals surface area (Å²) in [5, 5.41) is 10.3. The van der Waals surface area contributed by atoms with Gasteiger partial charge in [-0.2, -0.15) is 0 Å². The van der Waals surface area contributed by atoms with Gasteiger partial charge in [0.1, 0.15) is 6.10 Å². The maximum Gasteiger partial charge on any atom is 0.302 e. The van der Waals surface area contributed by atoms with Gasteiger partial charge in [-0.15, -0.1) is 0 Å². The van der Waals surface area contributed by atoms with Crippen LogP contribution in [0.2, 0.25) is 0 Å². The summed E-state index contributed by atoms with van der Waals surface area (Å²) in [4.78, 5) is 10.9. The minimum atomic E-state index is -0.855. The maximum atomic E-state index is 10.9. The van der Waals surface area contributed by atoms with Crippen LogP contribution in [0.25, 0.3) is 0 Å². The molecule has 0 aromatic rings. The van der Waals surface area contributed by atoms with E-state index in [2.05, 4.69) is 6.58 Å². The Balaban J connectivity index is 2.71. The lowest BCUT2D eigenvalue weighted by atomic mass is 9.74. The number of carbonyl (C=O) groups excluding carboxylic acids is 1. The molecule has 3 atom stereocenters.